The average molecular weight is 553 g/mol. The molecule has 0 aliphatic rings. The van der Waals surface area contributed by atoms with Crippen LogP contribution < -0.4 is 4.90 Å². The highest BCUT2D eigenvalue weighted by molar-refractivity contribution is 5.86. The fourth-order valence-electron chi connectivity index (χ4n) is 5.25. The highest BCUT2D eigenvalue weighted by atomic mass is 15.1. The summed E-state index contributed by atoms with van der Waals surface area (Å²) in [6.07, 6.45) is 0. The number of hydrogen-bond donors (Lipinski definition) is 0. The van der Waals surface area contributed by atoms with Gasteiger partial charge in [0.1, 0.15) is 0 Å². The van der Waals surface area contributed by atoms with E-state index in [1.165, 1.54) is 0 Å². The van der Waals surface area contributed by atoms with Crippen molar-refractivity contribution in [2.24, 2.45) is 0 Å². The Hall–Kier alpha value is -5.87. The molecule has 1 aromatic heterocycles. The maximum Gasteiger partial charge on any atom is 0.166 e. The molecule has 43 heavy (non-hydrogen) atoms. The van der Waals surface area contributed by atoms with E-state index in [1.54, 1.807) is 0 Å². The third-order valence-corrected chi connectivity index (χ3v) is 7.31. The van der Waals surface area contributed by atoms with Gasteiger partial charge in [0.2, 0.25) is 0 Å². The van der Waals surface area contributed by atoms with E-state index in [2.05, 4.69) is 120 Å². The topological polar surface area (TPSA) is 41.9 Å². The summed E-state index contributed by atoms with van der Waals surface area (Å²) in [5, 5.41) is 0. The molecule has 0 atom stereocenters. The van der Waals surface area contributed by atoms with Crippen LogP contribution in [0.2, 0.25) is 0 Å². The van der Waals surface area contributed by atoms with Gasteiger partial charge >= 0.3 is 0 Å². The van der Waals surface area contributed by atoms with Gasteiger partial charge in [0.15, 0.2) is 17.5 Å². The summed E-state index contributed by atoms with van der Waals surface area (Å²) in [5.74, 6) is 1.87. The number of rotatable bonds is 7. The van der Waals surface area contributed by atoms with Crippen LogP contribution >= 0.6 is 0 Å². The first kappa shape index (κ1) is 26.1. The molecule has 0 saturated heterocycles. The molecule has 6 aromatic carbocycles. The van der Waals surface area contributed by atoms with Gasteiger partial charge < -0.3 is 4.90 Å². The molecule has 0 saturated carbocycles. The lowest BCUT2D eigenvalue weighted by atomic mass is 10.0. The van der Waals surface area contributed by atoms with E-state index in [0.29, 0.717) is 17.5 Å². The summed E-state index contributed by atoms with van der Waals surface area (Å²) in [6, 6.07) is 57.9. The van der Waals surface area contributed by atoms with Crippen molar-refractivity contribution in [3.63, 3.8) is 0 Å². The molecule has 7 rings (SSSR count). The van der Waals surface area contributed by atoms with Crippen LogP contribution in [0.15, 0.2) is 170 Å². The lowest BCUT2D eigenvalue weighted by Crippen LogP contribution is -2.12. The van der Waals surface area contributed by atoms with Crippen LogP contribution in [0, 0.1) is 0 Å². The van der Waals surface area contributed by atoms with Crippen molar-refractivity contribution >= 4 is 17.1 Å². The molecule has 0 N–H and O–H groups in total. The molecular formula is C39H28N4. The van der Waals surface area contributed by atoms with Crippen LogP contribution in [0.5, 0.6) is 0 Å². The van der Waals surface area contributed by atoms with Crippen LogP contribution in [0.25, 0.3) is 45.3 Å². The van der Waals surface area contributed by atoms with Gasteiger partial charge in [-0.1, -0.05) is 127 Å². The first-order valence-corrected chi connectivity index (χ1v) is 14.3. The van der Waals surface area contributed by atoms with Crippen molar-refractivity contribution in [2.45, 2.75) is 0 Å². The minimum absolute atomic E-state index is 0.612. The van der Waals surface area contributed by atoms with E-state index in [4.69, 9.17) is 15.0 Å². The standard InChI is InChI=1S/C39H28N4/c1-5-16-29(17-6-1)31-20-15-21-32(28-31)38-40-37(30-18-7-2-8-19-30)41-39(42-38)35-26-13-14-27-36(35)43(33-22-9-3-10-23-33)34-24-11-4-12-25-34/h1-28H. The predicted octanol–water partition coefficient (Wildman–Crippen LogP) is 10.0. The molecule has 0 bridgehead atoms. The van der Waals surface area contributed by atoms with E-state index >= 15 is 0 Å². The van der Waals surface area contributed by atoms with Gasteiger partial charge in [-0.25, -0.2) is 15.0 Å². The summed E-state index contributed by atoms with van der Waals surface area (Å²) < 4.78 is 0. The normalized spacial score (nSPS) is 10.8. The van der Waals surface area contributed by atoms with Gasteiger partial charge in [0.25, 0.3) is 0 Å². The molecule has 0 aliphatic carbocycles. The van der Waals surface area contributed by atoms with Gasteiger partial charge in [-0.05, 0) is 53.6 Å². The smallest absolute Gasteiger partial charge is 0.166 e. The van der Waals surface area contributed by atoms with Gasteiger partial charge in [0, 0.05) is 28.1 Å². The minimum atomic E-state index is 0.612. The quantitative estimate of drug-likeness (QED) is 0.197. The lowest BCUT2D eigenvalue weighted by Gasteiger charge is -2.27. The first-order valence-electron chi connectivity index (χ1n) is 14.3. The second kappa shape index (κ2) is 11.9. The van der Waals surface area contributed by atoms with Gasteiger partial charge in [-0.3, -0.25) is 0 Å². The molecule has 4 nitrogen and oxygen atoms in total. The molecule has 0 aliphatic heterocycles. The maximum absolute atomic E-state index is 5.12. The number of benzene rings is 6. The Kier molecular flexibility index (Phi) is 7.23. The van der Waals surface area contributed by atoms with Crippen LogP contribution in [-0.2, 0) is 0 Å². The fraction of sp³-hybridized carbons (Fsp3) is 0. The molecule has 0 radical (unpaired) electrons. The zero-order valence-corrected chi connectivity index (χ0v) is 23.5. The third-order valence-electron chi connectivity index (χ3n) is 7.31. The van der Waals surface area contributed by atoms with E-state index in [9.17, 15) is 0 Å². The molecule has 0 spiro atoms. The zero-order chi connectivity index (χ0) is 28.8. The van der Waals surface area contributed by atoms with Gasteiger partial charge in [-0.2, -0.15) is 0 Å². The molecule has 1 heterocycles. The third kappa shape index (κ3) is 5.54. The Bertz CT molecular complexity index is 1920. The fourth-order valence-corrected chi connectivity index (χ4v) is 5.25. The predicted molar refractivity (Wildman–Crippen MR) is 176 cm³/mol. The maximum atomic E-state index is 5.12. The number of para-hydroxylation sites is 3. The van der Waals surface area contributed by atoms with Crippen molar-refractivity contribution < 1.29 is 0 Å². The molecule has 7 aromatic rings. The van der Waals surface area contributed by atoms with Crippen molar-refractivity contribution in [1.29, 1.82) is 0 Å². The monoisotopic (exact) mass is 552 g/mol. The van der Waals surface area contributed by atoms with E-state index < -0.39 is 0 Å². The Morgan fingerprint density at radius 2 is 0.767 bits per heavy atom. The highest BCUT2D eigenvalue weighted by Gasteiger charge is 2.20. The Labute approximate surface area is 251 Å². The molecule has 204 valence electrons. The second-order valence-corrected chi connectivity index (χ2v) is 10.1. The van der Waals surface area contributed by atoms with Crippen LogP contribution in [-0.4, -0.2) is 15.0 Å². The van der Waals surface area contributed by atoms with Crippen molar-refractivity contribution in [3.8, 4) is 45.3 Å². The number of anilines is 3. The molecule has 0 fully saturated rings. The van der Waals surface area contributed by atoms with E-state index in [0.717, 1.165) is 44.9 Å². The Morgan fingerprint density at radius 1 is 0.326 bits per heavy atom. The number of hydrogen-bond acceptors (Lipinski definition) is 4. The van der Waals surface area contributed by atoms with Gasteiger partial charge in [-0.15, -0.1) is 0 Å². The van der Waals surface area contributed by atoms with Gasteiger partial charge in [0.05, 0.1) is 5.69 Å². The van der Waals surface area contributed by atoms with Crippen LogP contribution in [0.3, 0.4) is 0 Å². The van der Waals surface area contributed by atoms with Crippen molar-refractivity contribution in [2.75, 3.05) is 4.90 Å². The van der Waals surface area contributed by atoms with E-state index in [1.807, 2.05) is 54.6 Å². The molecule has 0 unspecified atom stereocenters. The summed E-state index contributed by atoms with van der Waals surface area (Å²) in [4.78, 5) is 17.4. The largest absolute Gasteiger partial charge is 0.310 e. The summed E-state index contributed by atoms with van der Waals surface area (Å²) in [5.41, 5.74) is 8.12. The molecule has 4 heteroatoms. The number of aromatic nitrogens is 3. The molecule has 0 amide bonds. The van der Waals surface area contributed by atoms with E-state index in [-0.39, 0.29) is 0 Å². The number of nitrogens with zero attached hydrogens (tertiary/aromatic N) is 4. The molecular weight excluding hydrogens is 524 g/mol. The Balaban J connectivity index is 1.43. The summed E-state index contributed by atoms with van der Waals surface area (Å²) >= 11 is 0. The lowest BCUT2D eigenvalue weighted by molar-refractivity contribution is 1.07. The van der Waals surface area contributed by atoms with Crippen molar-refractivity contribution in [3.05, 3.63) is 170 Å². The van der Waals surface area contributed by atoms with Crippen LogP contribution in [0.4, 0.5) is 17.1 Å². The highest BCUT2D eigenvalue weighted by Crippen LogP contribution is 2.40. The van der Waals surface area contributed by atoms with Crippen molar-refractivity contribution in [1.82, 2.24) is 15.0 Å². The van der Waals surface area contributed by atoms with Crippen LogP contribution in [0.1, 0.15) is 0 Å². The Morgan fingerprint density at radius 3 is 1.40 bits per heavy atom. The average Bonchev–Trinajstić information content (AvgIpc) is 3.10. The first-order chi connectivity index (χ1) is 21.3. The summed E-state index contributed by atoms with van der Waals surface area (Å²) in [6.45, 7) is 0. The zero-order valence-electron chi connectivity index (χ0n) is 23.5. The second-order valence-electron chi connectivity index (χ2n) is 10.1. The minimum Gasteiger partial charge on any atom is -0.310 e. The SMILES string of the molecule is c1ccc(-c2cccc(-c3nc(-c4ccccc4)nc(-c4ccccc4N(c4ccccc4)c4ccccc4)n3)c2)cc1. The summed E-state index contributed by atoms with van der Waals surface area (Å²) in [7, 11) is 0.